The topological polar surface area (TPSA) is 35.8 Å². The lowest BCUT2D eigenvalue weighted by Gasteiger charge is -2.17. The first kappa shape index (κ1) is 13.2. The first-order valence-corrected chi connectivity index (χ1v) is 6.44. The van der Waals surface area contributed by atoms with Gasteiger partial charge in [-0.1, -0.05) is 18.2 Å². The fourth-order valence-electron chi connectivity index (χ4n) is 2.04. The molecule has 0 saturated carbocycles. The molecule has 0 heterocycles. The molecule has 0 bridgehead atoms. The lowest BCUT2D eigenvalue weighted by molar-refractivity contribution is 0.883. The number of rotatable bonds is 3. The highest BCUT2D eigenvalue weighted by atomic mass is 14.9. The fourth-order valence-corrected chi connectivity index (χ4v) is 2.04. The smallest absolute Gasteiger partial charge is 0.0991 e. The summed E-state index contributed by atoms with van der Waals surface area (Å²) in [6.45, 7) is 6.33. The lowest BCUT2D eigenvalue weighted by Crippen LogP contribution is -2.07. The van der Waals surface area contributed by atoms with Crippen LogP contribution >= 0.6 is 0 Å². The van der Waals surface area contributed by atoms with E-state index in [1.165, 1.54) is 11.1 Å². The Morgan fingerprint density at radius 1 is 1.05 bits per heavy atom. The van der Waals surface area contributed by atoms with Crippen molar-refractivity contribution in [2.24, 2.45) is 0 Å². The van der Waals surface area contributed by atoms with Crippen LogP contribution in [0.15, 0.2) is 42.5 Å². The van der Waals surface area contributed by atoms with E-state index in [2.05, 4.69) is 50.4 Å². The molecule has 0 radical (unpaired) electrons. The predicted octanol–water partition coefficient (Wildman–Crippen LogP) is 4.35. The number of nitrogens with zero attached hydrogens (tertiary/aromatic N) is 1. The van der Waals surface area contributed by atoms with E-state index >= 15 is 0 Å². The van der Waals surface area contributed by atoms with Crippen LogP contribution in [0.3, 0.4) is 0 Å². The van der Waals surface area contributed by atoms with Crippen molar-refractivity contribution in [1.82, 2.24) is 0 Å². The van der Waals surface area contributed by atoms with Crippen molar-refractivity contribution in [2.45, 2.75) is 26.8 Å². The molecule has 2 aromatic carbocycles. The van der Waals surface area contributed by atoms with E-state index in [-0.39, 0.29) is 6.04 Å². The highest BCUT2D eigenvalue weighted by Crippen LogP contribution is 2.21. The zero-order valence-corrected chi connectivity index (χ0v) is 11.6. The Kier molecular flexibility index (Phi) is 3.87. The molecule has 0 aromatic heterocycles. The molecular formula is C17H18N2. The Bertz CT molecular complexity index is 623. The molecule has 2 rings (SSSR count). The number of nitriles is 1. The van der Waals surface area contributed by atoms with Crippen LogP contribution in [0, 0.1) is 25.2 Å². The van der Waals surface area contributed by atoms with Crippen molar-refractivity contribution in [1.29, 1.82) is 5.26 Å². The van der Waals surface area contributed by atoms with Crippen LogP contribution < -0.4 is 5.32 Å². The van der Waals surface area contributed by atoms with Gasteiger partial charge in [0.15, 0.2) is 0 Å². The maximum atomic E-state index is 8.93. The van der Waals surface area contributed by atoms with Gasteiger partial charge in [-0.15, -0.1) is 0 Å². The Balaban J connectivity index is 2.18. The van der Waals surface area contributed by atoms with Gasteiger partial charge in [0, 0.05) is 11.7 Å². The third-order valence-corrected chi connectivity index (χ3v) is 3.41. The summed E-state index contributed by atoms with van der Waals surface area (Å²) < 4.78 is 0. The Hall–Kier alpha value is -2.27. The Morgan fingerprint density at radius 3 is 2.53 bits per heavy atom. The van der Waals surface area contributed by atoms with Gasteiger partial charge in [0.25, 0.3) is 0 Å². The van der Waals surface area contributed by atoms with E-state index in [1.54, 1.807) is 0 Å². The fraction of sp³-hybridized carbons (Fsp3) is 0.235. The highest BCUT2D eigenvalue weighted by molar-refractivity contribution is 5.50. The maximum absolute atomic E-state index is 8.93. The molecule has 19 heavy (non-hydrogen) atoms. The monoisotopic (exact) mass is 250 g/mol. The van der Waals surface area contributed by atoms with Crippen LogP contribution in [0.1, 0.15) is 35.2 Å². The summed E-state index contributed by atoms with van der Waals surface area (Å²) >= 11 is 0. The third kappa shape index (κ3) is 3.14. The summed E-state index contributed by atoms with van der Waals surface area (Å²) in [5, 5.41) is 12.4. The van der Waals surface area contributed by atoms with Crippen LogP contribution in [0.25, 0.3) is 0 Å². The first-order valence-electron chi connectivity index (χ1n) is 6.44. The molecule has 0 aliphatic carbocycles. The molecule has 1 N–H and O–H groups in total. The SMILES string of the molecule is Cc1ccc(NC(C)c2cccc(C#N)c2)cc1C. The minimum atomic E-state index is 0.176. The van der Waals surface area contributed by atoms with Gasteiger partial charge in [-0.25, -0.2) is 0 Å². The van der Waals surface area contributed by atoms with E-state index in [1.807, 2.05) is 24.3 Å². The molecule has 2 nitrogen and oxygen atoms in total. The Morgan fingerprint density at radius 2 is 1.84 bits per heavy atom. The molecule has 0 aliphatic rings. The van der Waals surface area contributed by atoms with Gasteiger partial charge in [-0.3, -0.25) is 0 Å². The van der Waals surface area contributed by atoms with Crippen molar-refractivity contribution >= 4 is 5.69 Å². The van der Waals surface area contributed by atoms with E-state index in [0.717, 1.165) is 11.3 Å². The molecule has 0 aliphatic heterocycles. The number of hydrogen-bond donors (Lipinski definition) is 1. The average molecular weight is 250 g/mol. The summed E-state index contributed by atoms with van der Waals surface area (Å²) in [6.07, 6.45) is 0. The third-order valence-electron chi connectivity index (χ3n) is 3.41. The van der Waals surface area contributed by atoms with Crippen molar-refractivity contribution in [3.63, 3.8) is 0 Å². The van der Waals surface area contributed by atoms with Gasteiger partial charge in [0.2, 0.25) is 0 Å². The van der Waals surface area contributed by atoms with Crippen LogP contribution in [0.2, 0.25) is 0 Å². The van der Waals surface area contributed by atoms with Crippen LogP contribution in [-0.4, -0.2) is 0 Å². The van der Waals surface area contributed by atoms with E-state index < -0.39 is 0 Å². The number of hydrogen-bond acceptors (Lipinski definition) is 2. The average Bonchev–Trinajstić information content (AvgIpc) is 2.43. The molecule has 2 aromatic rings. The first-order chi connectivity index (χ1) is 9.10. The zero-order valence-electron chi connectivity index (χ0n) is 11.6. The van der Waals surface area contributed by atoms with Gasteiger partial charge in [-0.2, -0.15) is 5.26 Å². The zero-order chi connectivity index (χ0) is 13.8. The number of nitrogens with one attached hydrogen (secondary N) is 1. The van der Waals surface area contributed by atoms with Crippen LogP contribution in [0.5, 0.6) is 0 Å². The second-order valence-corrected chi connectivity index (χ2v) is 4.90. The van der Waals surface area contributed by atoms with E-state index in [9.17, 15) is 0 Å². The quantitative estimate of drug-likeness (QED) is 0.879. The molecule has 0 spiro atoms. The van der Waals surface area contributed by atoms with Crippen LogP contribution in [-0.2, 0) is 0 Å². The molecule has 1 atom stereocenters. The van der Waals surface area contributed by atoms with Crippen molar-refractivity contribution in [3.05, 3.63) is 64.7 Å². The van der Waals surface area contributed by atoms with Gasteiger partial charge < -0.3 is 5.32 Å². The second-order valence-electron chi connectivity index (χ2n) is 4.90. The summed E-state index contributed by atoms with van der Waals surface area (Å²) in [5.74, 6) is 0. The summed E-state index contributed by atoms with van der Waals surface area (Å²) in [5.41, 5.74) is 5.51. The summed E-state index contributed by atoms with van der Waals surface area (Å²) in [6, 6.07) is 16.4. The number of aryl methyl sites for hydroxylation is 2. The van der Waals surface area contributed by atoms with Gasteiger partial charge >= 0.3 is 0 Å². The Labute approximate surface area is 114 Å². The molecule has 1 unspecified atom stereocenters. The number of benzene rings is 2. The van der Waals surface area contributed by atoms with Crippen molar-refractivity contribution in [3.8, 4) is 6.07 Å². The van der Waals surface area contributed by atoms with Gasteiger partial charge in [0.1, 0.15) is 0 Å². The maximum Gasteiger partial charge on any atom is 0.0991 e. The van der Waals surface area contributed by atoms with Crippen molar-refractivity contribution in [2.75, 3.05) is 5.32 Å². The normalized spacial score (nSPS) is 11.7. The summed E-state index contributed by atoms with van der Waals surface area (Å²) in [7, 11) is 0. The van der Waals surface area contributed by atoms with E-state index in [0.29, 0.717) is 5.56 Å². The minimum absolute atomic E-state index is 0.176. The predicted molar refractivity (Wildman–Crippen MR) is 79.1 cm³/mol. The molecule has 2 heteroatoms. The summed E-state index contributed by atoms with van der Waals surface area (Å²) in [4.78, 5) is 0. The van der Waals surface area contributed by atoms with Gasteiger partial charge in [-0.05, 0) is 61.7 Å². The van der Waals surface area contributed by atoms with E-state index in [4.69, 9.17) is 5.26 Å². The highest BCUT2D eigenvalue weighted by Gasteiger charge is 2.06. The van der Waals surface area contributed by atoms with Crippen LogP contribution in [0.4, 0.5) is 5.69 Å². The molecule has 0 fully saturated rings. The molecule has 0 saturated heterocycles. The molecular weight excluding hydrogens is 232 g/mol. The minimum Gasteiger partial charge on any atom is -0.379 e. The lowest BCUT2D eigenvalue weighted by atomic mass is 10.0. The molecule has 0 amide bonds. The molecule has 96 valence electrons. The van der Waals surface area contributed by atoms with Gasteiger partial charge in [0.05, 0.1) is 11.6 Å². The van der Waals surface area contributed by atoms with Crippen molar-refractivity contribution < 1.29 is 0 Å². The largest absolute Gasteiger partial charge is 0.379 e. The second kappa shape index (κ2) is 5.58. The number of anilines is 1. The standard InChI is InChI=1S/C17H18N2/c1-12-7-8-17(9-13(12)2)19-14(3)16-6-4-5-15(10-16)11-18/h4-10,14,19H,1-3H3.